The topological polar surface area (TPSA) is 63.6 Å². The molecular formula is C14H18O4S2. The summed E-state index contributed by atoms with van der Waals surface area (Å²) in [5.41, 5.74) is 0.584. The fourth-order valence-electron chi connectivity index (χ4n) is 2.13. The summed E-state index contributed by atoms with van der Waals surface area (Å²) in [4.78, 5) is -0.319. The van der Waals surface area contributed by atoms with E-state index in [9.17, 15) is 13.0 Å². The Labute approximate surface area is 124 Å². The van der Waals surface area contributed by atoms with Gasteiger partial charge in [0, 0.05) is 6.42 Å². The van der Waals surface area contributed by atoms with E-state index in [4.69, 9.17) is 4.74 Å². The van der Waals surface area contributed by atoms with E-state index in [1.165, 1.54) is 0 Å². The highest BCUT2D eigenvalue weighted by atomic mass is 32.2. The highest BCUT2D eigenvalue weighted by Crippen LogP contribution is 2.37. The first-order valence-corrected chi connectivity index (χ1v) is 8.77. The molecule has 0 saturated heterocycles. The van der Waals surface area contributed by atoms with Crippen molar-refractivity contribution in [2.45, 2.75) is 29.9 Å². The molecule has 4 nitrogen and oxygen atoms in total. The number of thioether (sulfide) groups is 1. The third-order valence-electron chi connectivity index (χ3n) is 3.22. The van der Waals surface area contributed by atoms with Gasteiger partial charge in [-0.3, -0.25) is 4.55 Å². The molecule has 0 bridgehead atoms. The molecule has 20 heavy (non-hydrogen) atoms. The quantitative estimate of drug-likeness (QED) is 0.815. The Morgan fingerprint density at radius 2 is 2.10 bits per heavy atom. The van der Waals surface area contributed by atoms with Crippen molar-refractivity contribution in [2.24, 2.45) is 0 Å². The molecule has 1 aromatic carbocycles. The zero-order valence-electron chi connectivity index (χ0n) is 11.2. The van der Waals surface area contributed by atoms with Crippen molar-refractivity contribution in [1.29, 1.82) is 0 Å². The molecular weight excluding hydrogens is 296 g/mol. The lowest BCUT2D eigenvalue weighted by atomic mass is 10.1. The fourth-order valence-corrected chi connectivity index (χ4v) is 3.85. The predicted molar refractivity (Wildman–Crippen MR) is 81.1 cm³/mol. The second-order valence-electron chi connectivity index (χ2n) is 4.88. The molecule has 1 aromatic rings. The minimum Gasteiger partial charge on any atom is -0.364 e. The minimum atomic E-state index is -4.14. The Morgan fingerprint density at radius 1 is 1.40 bits per heavy atom. The van der Waals surface area contributed by atoms with Gasteiger partial charge in [-0.05, 0) is 24.3 Å². The summed E-state index contributed by atoms with van der Waals surface area (Å²) >= 11 is 1.58. The van der Waals surface area contributed by atoms with Crippen molar-refractivity contribution in [1.82, 2.24) is 0 Å². The van der Waals surface area contributed by atoms with E-state index in [2.05, 4.69) is 0 Å². The van der Waals surface area contributed by atoms with Crippen molar-refractivity contribution < 1.29 is 17.7 Å². The van der Waals surface area contributed by atoms with Gasteiger partial charge in [0.1, 0.15) is 10.2 Å². The highest BCUT2D eigenvalue weighted by molar-refractivity contribution is 8.03. The average molecular weight is 314 g/mol. The van der Waals surface area contributed by atoms with Gasteiger partial charge in [-0.15, -0.1) is 0 Å². The van der Waals surface area contributed by atoms with Crippen LogP contribution in [0.1, 0.15) is 30.6 Å². The molecule has 0 saturated carbocycles. The van der Waals surface area contributed by atoms with Crippen LogP contribution >= 0.6 is 11.8 Å². The summed E-state index contributed by atoms with van der Waals surface area (Å²) in [6.07, 6.45) is 3.07. The molecule has 0 aliphatic carbocycles. The Balaban J connectivity index is 1.99. The van der Waals surface area contributed by atoms with Crippen molar-refractivity contribution in [3.8, 4) is 0 Å². The highest BCUT2D eigenvalue weighted by Gasteiger charge is 2.29. The minimum absolute atomic E-state index is 0.235. The maximum Gasteiger partial charge on any atom is 0.272 e. The third kappa shape index (κ3) is 4.09. The van der Waals surface area contributed by atoms with Crippen LogP contribution < -0.4 is 0 Å². The number of hydrogen-bond acceptors (Lipinski definition) is 4. The van der Waals surface area contributed by atoms with E-state index in [1.54, 1.807) is 36.0 Å². The first-order chi connectivity index (χ1) is 9.41. The molecule has 0 aromatic heterocycles. The monoisotopic (exact) mass is 314 g/mol. The molecule has 6 heteroatoms. The van der Waals surface area contributed by atoms with E-state index >= 15 is 0 Å². The molecule has 2 rings (SSSR count). The van der Waals surface area contributed by atoms with Crippen LogP contribution in [-0.4, -0.2) is 24.5 Å². The fraction of sp³-hybridized carbons (Fsp3) is 0.429. The zero-order chi connectivity index (χ0) is 14.6. The molecule has 1 aliphatic heterocycles. The van der Waals surface area contributed by atoms with Crippen LogP contribution in [0.25, 0.3) is 0 Å². The summed E-state index contributed by atoms with van der Waals surface area (Å²) in [7, 11) is -4.14. The van der Waals surface area contributed by atoms with E-state index in [0.717, 1.165) is 6.42 Å². The Hall–Kier alpha value is -0.820. The maximum absolute atomic E-state index is 11.5. The lowest BCUT2D eigenvalue weighted by Crippen LogP contribution is -2.23. The Morgan fingerprint density at radius 3 is 2.65 bits per heavy atom. The zero-order valence-corrected chi connectivity index (χ0v) is 12.9. The second-order valence-corrected chi connectivity index (χ2v) is 7.85. The van der Waals surface area contributed by atoms with Crippen LogP contribution in [0.3, 0.4) is 0 Å². The lowest BCUT2D eigenvalue weighted by molar-refractivity contribution is 0.0411. The van der Waals surface area contributed by atoms with Crippen molar-refractivity contribution >= 4 is 21.9 Å². The molecule has 110 valence electrons. The number of ether oxygens (including phenoxy) is 1. The smallest absolute Gasteiger partial charge is 0.272 e. The molecule has 0 spiro atoms. The van der Waals surface area contributed by atoms with Crippen LogP contribution in [0.4, 0.5) is 0 Å². The third-order valence-corrected chi connectivity index (χ3v) is 5.56. The summed E-state index contributed by atoms with van der Waals surface area (Å²) in [6, 6.07) is 8.72. The lowest BCUT2D eigenvalue weighted by Gasteiger charge is -2.24. The number of benzene rings is 1. The van der Waals surface area contributed by atoms with Crippen LogP contribution in [-0.2, 0) is 14.9 Å². The van der Waals surface area contributed by atoms with E-state index in [-0.39, 0.29) is 18.0 Å². The van der Waals surface area contributed by atoms with Gasteiger partial charge in [0.15, 0.2) is 0 Å². The second kappa shape index (κ2) is 6.30. The van der Waals surface area contributed by atoms with Gasteiger partial charge in [0.2, 0.25) is 0 Å². The molecule has 2 unspecified atom stereocenters. The van der Waals surface area contributed by atoms with Crippen molar-refractivity contribution in [2.75, 3.05) is 6.61 Å². The van der Waals surface area contributed by atoms with Crippen LogP contribution in [0.15, 0.2) is 41.8 Å². The Bertz CT molecular complexity index is 558. The average Bonchev–Trinajstić information content (AvgIpc) is 2.81. The number of hydrogen-bond donors (Lipinski definition) is 1. The summed E-state index contributed by atoms with van der Waals surface area (Å²) < 4.78 is 38.2. The molecule has 0 radical (unpaired) electrons. The van der Waals surface area contributed by atoms with E-state index < -0.39 is 15.4 Å². The van der Waals surface area contributed by atoms with Gasteiger partial charge in [0.25, 0.3) is 10.1 Å². The van der Waals surface area contributed by atoms with Gasteiger partial charge in [-0.2, -0.15) is 8.42 Å². The summed E-state index contributed by atoms with van der Waals surface area (Å²) in [5, 5.41) is 1.05. The summed E-state index contributed by atoms with van der Waals surface area (Å²) in [5.74, 6) is 0. The van der Waals surface area contributed by atoms with Crippen LogP contribution in [0, 0.1) is 0 Å². The van der Waals surface area contributed by atoms with Gasteiger partial charge in [-0.25, -0.2) is 0 Å². The standard InChI is InChI=1S/C14H18O4S2/c1-14(9-5-11-19-14)18-10-8-13(20(15,16)17)12-6-3-2-4-7-12/h2-7,11,13H,8-10H2,1H3,(H,15,16,17). The van der Waals surface area contributed by atoms with Gasteiger partial charge >= 0.3 is 0 Å². The molecule has 1 N–H and O–H groups in total. The predicted octanol–water partition coefficient (Wildman–Crippen LogP) is 3.39. The van der Waals surface area contributed by atoms with E-state index in [0.29, 0.717) is 5.56 Å². The SMILES string of the molecule is CC1(OCCC(c2ccccc2)S(=O)(=O)O)CC=CS1. The molecule has 0 fully saturated rings. The molecule has 0 amide bonds. The largest absolute Gasteiger partial charge is 0.364 e. The van der Waals surface area contributed by atoms with Gasteiger partial charge in [-0.1, -0.05) is 48.2 Å². The first-order valence-electron chi connectivity index (χ1n) is 6.39. The van der Waals surface area contributed by atoms with Crippen LogP contribution in [0.5, 0.6) is 0 Å². The van der Waals surface area contributed by atoms with Gasteiger partial charge in [0.05, 0.1) is 6.61 Å². The van der Waals surface area contributed by atoms with E-state index in [1.807, 2.05) is 24.5 Å². The first kappa shape index (κ1) is 15.6. The summed E-state index contributed by atoms with van der Waals surface area (Å²) in [6.45, 7) is 2.26. The molecule has 1 heterocycles. The number of rotatable bonds is 6. The molecule has 2 atom stereocenters. The maximum atomic E-state index is 11.5. The van der Waals surface area contributed by atoms with Crippen LogP contribution in [0.2, 0.25) is 0 Å². The van der Waals surface area contributed by atoms with Gasteiger partial charge < -0.3 is 4.74 Å². The molecule has 1 aliphatic rings. The normalized spacial score (nSPS) is 23.9. The van der Waals surface area contributed by atoms with Crippen molar-refractivity contribution in [3.63, 3.8) is 0 Å². The Kier molecular flexibility index (Phi) is 4.90. The van der Waals surface area contributed by atoms with Crippen molar-refractivity contribution in [3.05, 3.63) is 47.4 Å².